The number of carboxylic acid groups (broad SMARTS) is 1. The molecule has 1 N–H and O–H groups in total. The van der Waals surface area contributed by atoms with Crippen molar-refractivity contribution in [2.24, 2.45) is 23.7 Å². The Balaban J connectivity index is 1.20. The van der Waals surface area contributed by atoms with Gasteiger partial charge in [0.25, 0.3) is 0 Å². The van der Waals surface area contributed by atoms with E-state index in [0.717, 1.165) is 43.1 Å². The number of piperazine rings is 1. The number of hydrogen-bond acceptors (Lipinski definition) is 5. The molecule has 7 heteroatoms. The zero-order valence-corrected chi connectivity index (χ0v) is 15.6. The number of ether oxygens (including phenoxy) is 2. The first-order chi connectivity index (χ1) is 13.6. The molecule has 148 valence electrons. The van der Waals surface area contributed by atoms with E-state index < -0.39 is 17.8 Å². The van der Waals surface area contributed by atoms with E-state index in [-0.39, 0.29) is 24.5 Å². The Bertz CT molecular complexity index is 830. The van der Waals surface area contributed by atoms with Crippen molar-refractivity contribution in [3.8, 4) is 11.5 Å². The van der Waals surface area contributed by atoms with Crippen LogP contribution in [0, 0.1) is 23.7 Å². The first kappa shape index (κ1) is 17.6. The van der Waals surface area contributed by atoms with E-state index in [0.29, 0.717) is 13.1 Å². The molecule has 5 rings (SSSR count). The predicted octanol–water partition coefficient (Wildman–Crippen LogP) is 1.58. The molecule has 4 unspecified atom stereocenters. The summed E-state index contributed by atoms with van der Waals surface area (Å²) < 4.78 is 10.8. The van der Waals surface area contributed by atoms with Crippen molar-refractivity contribution >= 4 is 11.9 Å². The van der Waals surface area contributed by atoms with Crippen LogP contribution in [-0.2, 0) is 16.1 Å². The first-order valence-corrected chi connectivity index (χ1v) is 9.91. The third-order valence-electron chi connectivity index (χ3n) is 6.56. The predicted molar refractivity (Wildman–Crippen MR) is 99.8 cm³/mol. The Labute approximate surface area is 163 Å². The number of carbonyl (C=O) groups is 2. The highest BCUT2D eigenvalue weighted by Gasteiger charge is 2.52. The molecule has 28 heavy (non-hydrogen) atoms. The Hall–Kier alpha value is -2.54. The molecule has 0 radical (unpaired) electrons. The van der Waals surface area contributed by atoms with E-state index in [1.165, 1.54) is 0 Å². The molecule has 4 atom stereocenters. The molecule has 2 bridgehead atoms. The third-order valence-corrected chi connectivity index (χ3v) is 6.56. The molecule has 1 aromatic rings. The molecule has 0 spiro atoms. The van der Waals surface area contributed by atoms with Crippen molar-refractivity contribution < 1.29 is 24.2 Å². The number of carbonyl (C=O) groups excluding carboxylic acids is 1. The second kappa shape index (κ2) is 6.81. The van der Waals surface area contributed by atoms with Gasteiger partial charge in [-0.15, -0.1) is 0 Å². The molecule has 7 nitrogen and oxygen atoms in total. The molecule has 1 aromatic carbocycles. The Kier molecular flexibility index (Phi) is 4.27. The van der Waals surface area contributed by atoms with E-state index in [2.05, 4.69) is 4.90 Å². The van der Waals surface area contributed by atoms with Crippen LogP contribution >= 0.6 is 0 Å². The van der Waals surface area contributed by atoms with Gasteiger partial charge in [-0.25, -0.2) is 0 Å². The average molecular weight is 384 g/mol. The molecule has 2 aliphatic carbocycles. The molecule has 2 aliphatic heterocycles. The largest absolute Gasteiger partial charge is 0.481 e. The van der Waals surface area contributed by atoms with Crippen LogP contribution in [0.25, 0.3) is 0 Å². The Morgan fingerprint density at radius 3 is 2.46 bits per heavy atom. The number of rotatable bonds is 4. The van der Waals surface area contributed by atoms with Gasteiger partial charge in [-0.2, -0.15) is 0 Å². The topological polar surface area (TPSA) is 79.3 Å². The van der Waals surface area contributed by atoms with Gasteiger partial charge in [-0.05, 0) is 36.0 Å². The zero-order chi connectivity index (χ0) is 19.3. The summed E-state index contributed by atoms with van der Waals surface area (Å²) in [6.45, 7) is 3.94. The van der Waals surface area contributed by atoms with E-state index >= 15 is 0 Å². The van der Waals surface area contributed by atoms with Gasteiger partial charge in [0.1, 0.15) is 0 Å². The molecular formula is C21H24N2O5. The number of benzene rings is 1. The van der Waals surface area contributed by atoms with Crippen LogP contribution in [0.4, 0.5) is 0 Å². The molecule has 0 aromatic heterocycles. The van der Waals surface area contributed by atoms with Crippen molar-refractivity contribution in [1.29, 1.82) is 0 Å². The van der Waals surface area contributed by atoms with E-state index in [1.807, 2.05) is 35.3 Å². The summed E-state index contributed by atoms with van der Waals surface area (Å²) >= 11 is 0. The lowest BCUT2D eigenvalue weighted by molar-refractivity contribution is -0.151. The summed E-state index contributed by atoms with van der Waals surface area (Å²) in [5.41, 5.74) is 1.16. The van der Waals surface area contributed by atoms with Crippen LogP contribution < -0.4 is 9.47 Å². The van der Waals surface area contributed by atoms with Crippen LogP contribution in [0.5, 0.6) is 11.5 Å². The fourth-order valence-electron chi connectivity index (χ4n) is 5.13. The van der Waals surface area contributed by atoms with Crippen LogP contribution in [0.3, 0.4) is 0 Å². The third kappa shape index (κ3) is 2.94. The summed E-state index contributed by atoms with van der Waals surface area (Å²) in [5, 5.41) is 9.59. The number of amides is 1. The van der Waals surface area contributed by atoms with Gasteiger partial charge >= 0.3 is 5.97 Å². The van der Waals surface area contributed by atoms with Gasteiger partial charge in [0.15, 0.2) is 11.5 Å². The van der Waals surface area contributed by atoms with Gasteiger partial charge in [-0.1, -0.05) is 18.2 Å². The average Bonchev–Trinajstić information content (AvgIpc) is 3.43. The Morgan fingerprint density at radius 1 is 1.00 bits per heavy atom. The maximum atomic E-state index is 13.1. The highest BCUT2D eigenvalue weighted by molar-refractivity contribution is 5.87. The summed E-state index contributed by atoms with van der Waals surface area (Å²) in [5.74, 6) is -0.0952. The number of allylic oxidation sites excluding steroid dienone is 2. The van der Waals surface area contributed by atoms with Crippen molar-refractivity contribution in [2.75, 3.05) is 33.0 Å². The van der Waals surface area contributed by atoms with E-state index in [9.17, 15) is 14.7 Å². The first-order valence-electron chi connectivity index (χ1n) is 9.91. The fraction of sp³-hybridized carbons (Fsp3) is 0.524. The summed E-state index contributed by atoms with van der Waals surface area (Å²) in [7, 11) is 0. The Morgan fingerprint density at radius 2 is 1.71 bits per heavy atom. The number of fused-ring (bicyclic) bond motifs is 3. The molecule has 1 saturated heterocycles. The fourth-order valence-corrected chi connectivity index (χ4v) is 5.13. The summed E-state index contributed by atoms with van der Waals surface area (Å²) in [6.07, 6.45) is 4.83. The maximum absolute atomic E-state index is 13.1. The van der Waals surface area contributed by atoms with Crippen LogP contribution in [0.1, 0.15) is 12.0 Å². The van der Waals surface area contributed by atoms with Crippen LogP contribution in [0.15, 0.2) is 30.4 Å². The van der Waals surface area contributed by atoms with Gasteiger partial charge in [-0.3, -0.25) is 14.5 Å². The van der Waals surface area contributed by atoms with Crippen LogP contribution in [0.2, 0.25) is 0 Å². The number of aliphatic carboxylic acids is 1. The lowest BCUT2D eigenvalue weighted by Crippen LogP contribution is -2.52. The molecular weight excluding hydrogens is 360 g/mol. The minimum Gasteiger partial charge on any atom is -0.481 e. The summed E-state index contributed by atoms with van der Waals surface area (Å²) in [6, 6.07) is 6.00. The van der Waals surface area contributed by atoms with Crippen molar-refractivity contribution in [2.45, 2.75) is 13.0 Å². The molecule has 1 amide bonds. The van der Waals surface area contributed by atoms with Gasteiger partial charge in [0, 0.05) is 32.7 Å². The smallest absolute Gasteiger partial charge is 0.307 e. The normalized spacial score (nSPS) is 30.8. The number of carboxylic acids is 1. The highest BCUT2D eigenvalue weighted by Crippen LogP contribution is 2.48. The van der Waals surface area contributed by atoms with Crippen molar-refractivity contribution in [1.82, 2.24) is 9.80 Å². The standard InChI is InChI=1S/C21H24N2O5/c24-20(18-14-2-3-15(10-14)19(18)21(25)26)23-7-5-22(6-8-23)11-13-1-4-16-17(9-13)28-12-27-16/h1-4,9,14-15,18-19H,5-8,10-12H2,(H,25,26). The number of hydrogen-bond donors (Lipinski definition) is 1. The molecule has 4 aliphatic rings. The van der Waals surface area contributed by atoms with Gasteiger partial charge in [0.2, 0.25) is 12.7 Å². The maximum Gasteiger partial charge on any atom is 0.307 e. The summed E-state index contributed by atoms with van der Waals surface area (Å²) in [4.78, 5) is 29.0. The van der Waals surface area contributed by atoms with Gasteiger partial charge < -0.3 is 19.5 Å². The second-order valence-electron chi connectivity index (χ2n) is 8.13. The molecule has 2 heterocycles. The minimum absolute atomic E-state index is 0.0174. The van der Waals surface area contributed by atoms with Crippen molar-refractivity contribution in [3.05, 3.63) is 35.9 Å². The monoisotopic (exact) mass is 384 g/mol. The second-order valence-corrected chi connectivity index (χ2v) is 8.13. The van der Waals surface area contributed by atoms with E-state index in [1.54, 1.807) is 0 Å². The molecule has 1 saturated carbocycles. The highest BCUT2D eigenvalue weighted by atomic mass is 16.7. The zero-order valence-electron chi connectivity index (χ0n) is 15.6. The quantitative estimate of drug-likeness (QED) is 0.794. The molecule has 2 fully saturated rings. The SMILES string of the molecule is O=C(O)C1C2C=CC(C2)C1C(=O)N1CCN(Cc2ccc3c(c2)OCO3)CC1. The van der Waals surface area contributed by atoms with Crippen molar-refractivity contribution in [3.63, 3.8) is 0 Å². The van der Waals surface area contributed by atoms with E-state index in [4.69, 9.17) is 9.47 Å². The lowest BCUT2D eigenvalue weighted by atomic mass is 9.82. The lowest BCUT2D eigenvalue weighted by Gasteiger charge is -2.37. The van der Waals surface area contributed by atoms with Gasteiger partial charge in [0.05, 0.1) is 11.8 Å². The number of nitrogens with zero attached hydrogens (tertiary/aromatic N) is 2. The van der Waals surface area contributed by atoms with Crippen LogP contribution in [-0.4, -0.2) is 59.8 Å². The minimum atomic E-state index is -0.836.